The Balaban J connectivity index is 1.53. The highest BCUT2D eigenvalue weighted by atomic mass is 35.5. The summed E-state index contributed by atoms with van der Waals surface area (Å²) in [5.74, 6) is 0. The Kier molecular flexibility index (Phi) is 6.36. The van der Waals surface area contributed by atoms with Gasteiger partial charge in [0.1, 0.15) is 0 Å². The van der Waals surface area contributed by atoms with Crippen LogP contribution in [0.1, 0.15) is 5.69 Å². The summed E-state index contributed by atoms with van der Waals surface area (Å²) in [6.45, 7) is 4.32. The summed E-state index contributed by atoms with van der Waals surface area (Å²) < 4.78 is 5.43. The van der Waals surface area contributed by atoms with Crippen LogP contribution in [0.15, 0.2) is 66.9 Å². The number of pyridine rings is 1. The molecule has 5 rings (SSSR count). The maximum absolute atomic E-state index is 6.53. The Morgan fingerprint density at radius 1 is 0.812 bits per heavy atom. The van der Waals surface area contributed by atoms with E-state index >= 15 is 0 Å². The molecule has 0 unspecified atom stereocenters. The van der Waals surface area contributed by atoms with E-state index in [-0.39, 0.29) is 0 Å². The van der Waals surface area contributed by atoms with Crippen molar-refractivity contribution in [3.63, 3.8) is 0 Å². The van der Waals surface area contributed by atoms with Crippen molar-refractivity contribution in [3.05, 3.63) is 87.6 Å². The molecule has 1 aliphatic heterocycles. The number of hydrogen-bond acceptors (Lipinski definition) is 3. The van der Waals surface area contributed by atoms with Crippen molar-refractivity contribution in [1.29, 1.82) is 0 Å². The van der Waals surface area contributed by atoms with Crippen LogP contribution in [-0.2, 0) is 11.3 Å². The van der Waals surface area contributed by atoms with Crippen LogP contribution in [-0.4, -0.2) is 36.2 Å². The Morgan fingerprint density at radius 2 is 1.47 bits per heavy atom. The second-order valence-corrected chi connectivity index (χ2v) is 9.13. The molecule has 1 saturated heterocycles. The van der Waals surface area contributed by atoms with E-state index < -0.39 is 0 Å². The Hall–Kier alpha value is -2.14. The molecule has 0 atom stereocenters. The number of halogens is 3. The minimum absolute atomic E-state index is 0.521. The zero-order chi connectivity index (χ0) is 22.1. The van der Waals surface area contributed by atoms with Gasteiger partial charge in [-0.2, -0.15) is 0 Å². The largest absolute Gasteiger partial charge is 0.379 e. The highest BCUT2D eigenvalue weighted by molar-refractivity contribution is 6.42. The van der Waals surface area contributed by atoms with Crippen LogP contribution >= 0.6 is 34.8 Å². The van der Waals surface area contributed by atoms with Crippen molar-refractivity contribution in [3.8, 4) is 22.3 Å². The topological polar surface area (TPSA) is 25.4 Å². The minimum atomic E-state index is 0.521. The van der Waals surface area contributed by atoms with E-state index in [0.717, 1.165) is 71.6 Å². The molecule has 162 valence electrons. The lowest BCUT2D eigenvalue weighted by Gasteiger charge is -2.26. The second-order valence-electron chi connectivity index (χ2n) is 7.88. The fraction of sp³-hybridized carbons (Fsp3) is 0.192. The predicted molar refractivity (Wildman–Crippen MR) is 134 cm³/mol. The van der Waals surface area contributed by atoms with Gasteiger partial charge < -0.3 is 4.74 Å². The zero-order valence-electron chi connectivity index (χ0n) is 17.3. The average Bonchev–Trinajstić information content (AvgIpc) is 2.80. The summed E-state index contributed by atoms with van der Waals surface area (Å²) >= 11 is 19.2. The second kappa shape index (κ2) is 9.38. The van der Waals surface area contributed by atoms with Crippen LogP contribution in [0, 0.1) is 0 Å². The number of ether oxygens (including phenoxy) is 1. The van der Waals surface area contributed by atoms with Crippen molar-refractivity contribution in [2.45, 2.75) is 6.54 Å². The molecule has 1 aliphatic rings. The fourth-order valence-corrected chi connectivity index (χ4v) is 5.25. The molecule has 4 aromatic rings. The maximum atomic E-state index is 6.53. The highest BCUT2D eigenvalue weighted by Gasteiger charge is 2.16. The number of rotatable bonds is 4. The third-order valence-corrected chi connectivity index (χ3v) is 6.64. The highest BCUT2D eigenvalue weighted by Crippen LogP contribution is 2.42. The van der Waals surface area contributed by atoms with Gasteiger partial charge in [0.2, 0.25) is 0 Å². The van der Waals surface area contributed by atoms with Crippen LogP contribution in [0.5, 0.6) is 0 Å². The van der Waals surface area contributed by atoms with E-state index in [1.165, 1.54) is 0 Å². The van der Waals surface area contributed by atoms with Crippen LogP contribution in [0.4, 0.5) is 0 Å². The van der Waals surface area contributed by atoms with Crippen molar-refractivity contribution in [2.24, 2.45) is 0 Å². The number of aromatic nitrogens is 1. The lowest BCUT2D eigenvalue weighted by atomic mass is 9.92. The van der Waals surface area contributed by atoms with E-state index in [1.54, 1.807) is 12.1 Å². The van der Waals surface area contributed by atoms with Crippen molar-refractivity contribution in [1.82, 2.24) is 9.88 Å². The molecule has 3 aromatic carbocycles. The van der Waals surface area contributed by atoms with Gasteiger partial charge in [0.25, 0.3) is 0 Å². The van der Waals surface area contributed by atoms with Crippen molar-refractivity contribution in [2.75, 3.05) is 26.3 Å². The van der Waals surface area contributed by atoms with E-state index in [0.29, 0.717) is 15.1 Å². The fourth-order valence-electron chi connectivity index (χ4n) is 4.23. The van der Waals surface area contributed by atoms with Gasteiger partial charge in [-0.3, -0.25) is 9.88 Å². The SMILES string of the molecule is Clc1cc(Cl)c(-c2ccc(-c3ccc(CN4CCOCC4)nc3)c3ccccc23)c(Cl)c1. The van der Waals surface area contributed by atoms with E-state index in [4.69, 9.17) is 44.5 Å². The molecule has 32 heavy (non-hydrogen) atoms. The van der Waals surface area contributed by atoms with E-state index in [9.17, 15) is 0 Å². The minimum Gasteiger partial charge on any atom is -0.379 e. The van der Waals surface area contributed by atoms with Gasteiger partial charge in [0, 0.05) is 42.0 Å². The first kappa shape index (κ1) is 21.7. The number of nitrogens with zero attached hydrogens (tertiary/aromatic N) is 2. The monoisotopic (exact) mass is 482 g/mol. The molecule has 0 spiro atoms. The first-order valence-corrected chi connectivity index (χ1v) is 11.7. The van der Waals surface area contributed by atoms with E-state index in [1.807, 2.05) is 18.3 Å². The van der Waals surface area contributed by atoms with Crippen molar-refractivity contribution < 1.29 is 4.74 Å². The van der Waals surface area contributed by atoms with Gasteiger partial charge in [-0.15, -0.1) is 0 Å². The average molecular weight is 484 g/mol. The van der Waals surface area contributed by atoms with Gasteiger partial charge >= 0.3 is 0 Å². The molecule has 1 fully saturated rings. The van der Waals surface area contributed by atoms with Gasteiger partial charge in [-0.1, -0.05) is 77.3 Å². The molecule has 0 radical (unpaired) electrons. The van der Waals surface area contributed by atoms with Crippen LogP contribution in [0.25, 0.3) is 33.0 Å². The normalized spacial score (nSPS) is 14.7. The molecule has 1 aromatic heterocycles. The molecule has 0 bridgehead atoms. The summed E-state index contributed by atoms with van der Waals surface area (Å²) in [4.78, 5) is 7.11. The first-order chi connectivity index (χ1) is 15.6. The Bertz CT molecular complexity index is 1250. The smallest absolute Gasteiger partial charge is 0.0594 e. The summed E-state index contributed by atoms with van der Waals surface area (Å²) in [6, 6.07) is 20.2. The third kappa shape index (κ3) is 4.36. The lowest BCUT2D eigenvalue weighted by molar-refractivity contribution is 0.0336. The van der Waals surface area contributed by atoms with E-state index in [2.05, 4.69) is 41.3 Å². The molecule has 2 heterocycles. The summed E-state index contributed by atoms with van der Waals surface area (Å²) in [7, 11) is 0. The first-order valence-electron chi connectivity index (χ1n) is 10.5. The van der Waals surface area contributed by atoms with Crippen LogP contribution in [0.3, 0.4) is 0 Å². The molecule has 0 amide bonds. The molecular formula is C26H21Cl3N2O. The number of fused-ring (bicyclic) bond motifs is 1. The van der Waals surface area contributed by atoms with Crippen molar-refractivity contribution >= 4 is 45.6 Å². The van der Waals surface area contributed by atoms with Gasteiger partial charge in [-0.05, 0) is 40.1 Å². The molecule has 6 heteroatoms. The van der Waals surface area contributed by atoms with Gasteiger partial charge in [0.05, 0.1) is 29.0 Å². The molecular weight excluding hydrogens is 463 g/mol. The summed E-state index contributed by atoms with van der Waals surface area (Å²) in [5.41, 5.74) is 5.03. The predicted octanol–water partition coefficient (Wildman–Crippen LogP) is 7.36. The maximum Gasteiger partial charge on any atom is 0.0594 e. The Labute approximate surface area is 202 Å². The van der Waals surface area contributed by atoms with Gasteiger partial charge in [0.15, 0.2) is 0 Å². The molecule has 0 saturated carbocycles. The molecule has 0 N–H and O–H groups in total. The van der Waals surface area contributed by atoms with Crippen LogP contribution < -0.4 is 0 Å². The standard InChI is InChI=1S/C26H21Cl3N2O/c27-18-13-24(28)26(25(29)14-18)23-8-7-20(21-3-1-2-4-22(21)23)17-5-6-19(30-15-17)16-31-9-11-32-12-10-31/h1-8,13-15H,9-12,16H2. The lowest BCUT2D eigenvalue weighted by Crippen LogP contribution is -2.35. The zero-order valence-corrected chi connectivity index (χ0v) is 19.6. The number of morpholine rings is 1. The van der Waals surface area contributed by atoms with Crippen LogP contribution in [0.2, 0.25) is 15.1 Å². The van der Waals surface area contributed by atoms with Gasteiger partial charge in [-0.25, -0.2) is 0 Å². The summed E-state index contributed by atoms with van der Waals surface area (Å²) in [5, 5.41) is 3.79. The quantitative estimate of drug-likeness (QED) is 0.303. The summed E-state index contributed by atoms with van der Waals surface area (Å²) in [6.07, 6.45) is 1.96. The third-order valence-electron chi connectivity index (χ3n) is 5.83. The number of benzene rings is 3. The Morgan fingerprint density at radius 3 is 2.12 bits per heavy atom. The molecule has 0 aliphatic carbocycles. The molecule has 3 nitrogen and oxygen atoms in total. The number of hydrogen-bond donors (Lipinski definition) is 0.